The second kappa shape index (κ2) is 6.23. The van der Waals surface area contributed by atoms with Gasteiger partial charge in [-0.1, -0.05) is 55.5 Å². The standard InChI is InChI=1S/C15H20/c1-4-10-14(5-2)13(3)15-11-8-6-7-9-12-15/h4-6,8-13H,7H2,1-3H3/b10-4-,14-5+. The maximum Gasteiger partial charge on any atom is 0.00575 e. The summed E-state index contributed by atoms with van der Waals surface area (Å²) in [6.45, 7) is 6.42. The molecule has 80 valence electrons. The summed E-state index contributed by atoms with van der Waals surface area (Å²) in [6, 6.07) is 0. The van der Waals surface area contributed by atoms with Crippen LogP contribution in [-0.2, 0) is 0 Å². The summed E-state index contributed by atoms with van der Waals surface area (Å²) in [5, 5.41) is 0. The highest BCUT2D eigenvalue weighted by atomic mass is 14.1. The second-order valence-corrected chi connectivity index (χ2v) is 3.74. The Kier molecular flexibility index (Phi) is 4.89. The zero-order valence-electron chi connectivity index (χ0n) is 9.90. The highest BCUT2D eigenvalue weighted by molar-refractivity contribution is 5.37. The van der Waals surface area contributed by atoms with Gasteiger partial charge in [-0.25, -0.2) is 0 Å². The third kappa shape index (κ3) is 3.39. The van der Waals surface area contributed by atoms with E-state index in [1.54, 1.807) is 0 Å². The Bertz CT molecular complexity index is 335. The van der Waals surface area contributed by atoms with Crippen LogP contribution in [0, 0.1) is 5.92 Å². The van der Waals surface area contributed by atoms with Gasteiger partial charge in [0.05, 0.1) is 0 Å². The van der Waals surface area contributed by atoms with Gasteiger partial charge in [0.15, 0.2) is 0 Å². The summed E-state index contributed by atoms with van der Waals surface area (Å²) in [4.78, 5) is 0. The molecule has 0 heterocycles. The smallest absolute Gasteiger partial charge is 0.00575 e. The zero-order chi connectivity index (χ0) is 11.1. The van der Waals surface area contributed by atoms with Crippen molar-refractivity contribution in [1.29, 1.82) is 0 Å². The zero-order valence-corrected chi connectivity index (χ0v) is 9.90. The third-order valence-corrected chi connectivity index (χ3v) is 2.70. The molecule has 0 radical (unpaired) electrons. The van der Waals surface area contributed by atoms with Crippen molar-refractivity contribution < 1.29 is 0 Å². The van der Waals surface area contributed by atoms with E-state index in [0.29, 0.717) is 5.92 Å². The van der Waals surface area contributed by atoms with Crippen LogP contribution in [0.4, 0.5) is 0 Å². The van der Waals surface area contributed by atoms with Gasteiger partial charge in [-0.2, -0.15) is 0 Å². The topological polar surface area (TPSA) is 0 Å². The number of rotatable bonds is 3. The molecule has 0 aromatic rings. The van der Waals surface area contributed by atoms with Crippen molar-refractivity contribution in [1.82, 2.24) is 0 Å². The first kappa shape index (κ1) is 11.8. The lowest BCUT2D eigenvalue weighted by Crippen LogP contribution is -1.99. The molecule has 1 atom stereocenters. The molecular formula is C15H20. The predicted octanol–water partition coefficient (Wildman–Crippen LogP) is 4.59. The summed E-state index contributed by atoms with van der Waals surface area (Å²) >= 11 is 0. The summed E-state index contributed by atoms with van der Waals surface area (Å²) in [7, 11) is 0. The summed E-state index contributed by atoms with van der Waals surface area (Å²) < 4.78 is 0. The van der Waals surface area contributed by atoms with Crippen molar-refractivity contribution in [2.24, 2.45) is 5.92 Å². The summed E-state index contributed by atoms with van der Waals surface area (Å²) in [5.74, 6) is 0.477. The molecule has 0 fully saturated rings. The Balaban J connectivity index is 2.87. The lowest BCUT2D eigenvalue weighted by Gasteiger charge is -2.13. The molecule has 0 aromatic heterocycles. The van der Waals surface area contributed by atoms with E-state index >= 15 is 0 Å². The largest absolute Gasteiger partial charge is 0.0874 e. The molecule has 0 N–H and O–H groups in total. The third-order valence-electron chi connectivity index (χ3n) is 2.70. The molecule has 0 aliphatic heterocycles. The fourth-order valence-corrected chi connectivity index (χ4v) is 1.76. The molecule has 0 amide bonds. The number of hydrogen-bond acceptors (Lipinski definition) is 0. The Morgan fingerprint density at radius 2 is 2.13 bits per heavy atom. The Hall–Kier alpha value is -1.30. The lowest BCUT2D eigenvalue weighted by molar-refractivity contribution is 0.845. The fraction of sp³-hybridized carbons (Fsp3) is 0.333. The van der Waals surface area contributed by atoms with Gasteiger partial charge in [-0.05, 0) is 31.4 Å². The van der Waals surface area contributed by atoms with E-state index in [0.717, 1.165) is 6.42 Å². The number of hydrogen-bond donors (Lipinski definition) is 0. The molecule has 1 rings (SSSR count). The monoisotopic (exact) mass is 200 g/mol. The van der Waals surface area contributed by atoms with Crippen LogP contribution in [0.3, 0.4) is 0 Å². The van der Waals surface area contributed by atoms with E-state index in [2.05, 4.69) is 69.4 Å². The molecular weight excluding hydrogens is 180 g/mol. The first-order valence-corrected chi connectivity index (χ1v) is 5.61. The number of allylic oxidation sites excluding steroid dienone is 10. The molecule has 1 aliphatic carbocycles. The van der Waals surface area contributed by atoms with Crippen LogP contribution in [0.5, 0.6) is 0 Å². The molecule has 0 heteroatoms. The first-order valence-electron chi connectivity index (χ1n) is 5.61. The molecule has 1 unspecified atom stereocenters. The van der Waals surface area contributed by atoms with Crippen molar-refractivity contribution in [3.63, 3.8) is 0 Å². The van der Waals surface area contributed by atoms with E-state index in [1.165, 1.54) is 11.1 Å². The Labute approximate surface area is 93.4 Å². The van der Waals surface area contributed by atoms with Crippen LogP contribution >= 0.6 is 0 Å². The van der Waals surface area contributed by atoms with Crippen molar-refractivity contribution >= 4 is 0 Å². The minimum Gasteiger partial charge on any atom is -0.0874 e. The van der Waals surface area contributed by atoms with E-state index in [-0.39, 0.29) is 0 Å². The van der Waals surface area contributed by atoms with E-state index in [1.807, 2.05) is 0 Å². The molecule has 0 saturated carbocycles. The van der Waals surface area contributed by atoms with Gasteiger partial charge >= 0.3 is 0 Å². The van der Waals surface area contributed by atoms with Gasteiger partial charge in [-0.3, -0.25) is 0 Å². The van der Waals surface area contributed by atoms with Crippen molar-refractivity contribution in [3.8, 4) is 0 Å². The Morgan fingerprint density at radius 1 is 1.33 bits per heavy atom. The van der Waals surface area contributed by atoms with Crippen molar-refractivity contribution in [3.05, 3.63) is 59.8 Å². The minimum atomic E-state index is 0.477. The average molecular weight is 200 g/mol. The van der Waals surface area contributed by atoms with Gasteiger partial charge in [0, 0.05) is 5.92 Å². The van der Waals surface area contributed by atoms with Gasteiger partial charge in [-0.15, -0.1) is 0 Å². The molecule has 1 aliphatic rings. The second-order valence-electron chi connectivity index (χ2n) is 3.74. The van der Waals surface area contributed by atoms with Crippen LogP contribution in [0.1, 0.15) is 27.2 Å². The van der Waals surface area contributed by atoms with Gasteiger partial charge in [0.1, 0.15) is 0 Å². The van der Waals surface area contributed by atoms with Crippen LogP contribution in [0.2, 0.25) is 0 Å². The van der Waals surface area contributed by atoms with E-state index in [9.17, 15) is 0 Å². The highest BCUT2D eigenvalue weighted by Gasteiger charge is 2.08. The maximum atomic E-state index is 2.25. The highest BCUT2D eigenvalue weighted by Crippen LogP contribution is 2.23. The van der Waals surface area contributed by atoms with Crippen molar-refractivity contribution in [2.75, 3.05) is 0 Å². The average Bonchev–Trinajstić information content (AvgIpc) is 2.53. The van der Waals surface area contributed by atoms with Crippen molar-refractivity contribution in [2.45, 2.75) is 27.2 Å². The molecule has 0 saturated heterocycles. The lowest BCUT2D eigenvalue weighted by atomic mass is 9.91. The predicted molar refractivity (Wildman–Crippen MR) is 68.7 cm³/mol. The fourth-order valence-electron chi connectivity index (χ4n) is 1.76. The van der Waals surface area contributed by atoms with Crippen LogP contribution in [-0.4, -0.2) is 0 Å². The maximum absolute atomic E-state index is 2.25. The summed E-state index contributed by atoms with van der Waals surface area (Å²) in [6.07, 6.45) is 18.5. The molecule has 0 spiro atoms. The van der Waals surface area contributed by atoms with Crippen LogP contribution in [0.25, 0.3) is 0 Å². The molecule has 0 bridgehead atoms. The normalized spacial score (nSPS) is 19.1. The molecule has 0 aromatic carbocycles. The first-order chi connectivity index (χ1) is 7.29. The van der Waals surface area contributed by atoms with E-state index in [4.69, 9.17) is 0 Å². The van der Waals surface area contributed by atoms with Gasteiger partial charge in [0.2, 0.25) is 0 Å². The minimum absolute atomic E-state index is 0.477. The molecule has 15 heavy (non-hydrogen) atoms. The van der Waals surface area contributed by atoms with Gasteiger partial charge < -0.3 is 0 Å². The van der Waals surface area contributed by atoms with Gasteiger partial charge in [0.25, 0.3) is 0 Å². The Morgan fingerprint density at radius 3 is 2.80 bits per heavy atom. The van der Waals surface area contributed by atoms with E-state index < -0.39 is 0 Å². The van der Waals surface area contributed by atoms with Crippen LogP contribution < -0.4 is 0 Å². The van der Waals surface area contributed by atoms with Crippen LogP contribution in [0.15, 0.2) is 59.8 Å². The quantitative estimate of drug-likeness (QED) is 0.585. The SMILES string of the molecule is C/C=C\C(=C/C)C(C)C1=CC=CCC=C1. The molecule has 0 nitrogen and oxygen atoms in total. The summed E-state index contributed by atoms with van der Waals surface area (Å²) in [5.41, 5.74) is 2.76.